The number of hydrogen-bond donors (Lipinski definition) is 0. The van der Waals surface area contributed by atoms with Crippen molar-refractivity contribution in [1.29, 1.82) is 0 Å². The second-order valence-electron chi connectivity index (χ2n) is 3.86. The van der Waals surface area contributed by atoms with Crippen molar-refractivity contribution in [2.24, 2.45) is 0 Å². The normalized spacial score (nSPS) is 23.9. The van der Waals surface area contributed by atoms with Crippen LogP contribution in [-0.2, 0) is 19.1 Å². The molecular formula is C12H19NO4. The van der Waals surface area contributed by atoms with Gasteiger partial charge in [-0.3, -0.25) is 9.59 Å². The topological polar surface area (TPSA) is 55.8 Å². The summed E-state index contributed by atoms with van der Waals surface area (Å²) in [7, 11) is 0. The van der Waals surface area contributed by atoms with Crippen LogP contribution in [0.3, 0.4) is 0 Å². The van der Waals surface area contributed by atoms with Crippen LogP contribution in [0, 0.1) is 0 Å². The molecule has 0 saturated carbocycles. The van der Waals surface area contributed by atoms with Crippen molar-refractivity contribution in [1.82, 2.24) is 4.90 Å². The number of nitrogens with zero attached hydrogens (tertiary/aromatic N) is 1. The fourth-order valence-corrected chi connectivity index (χ4v) is 1.90. The molecule has 1 fully saturated rings. The average Bonchev–Trinajstić information content (AvgIpc) is 2.52. The van der Waals surface area contributed by atoms with Crippen LogP contribution in [0.15, 0.2) is 12.7 Å². The first-order valence-corrected chi connectivity index (χ1v) is 5.79. The third-order valence-corrected chi connectivity index (χ3v) is 2.55. The van der Waals surface area contributed by atoms with Crippen LogP contribution >= 0.6 is 0 Å². The lowest BCUT2D eigenvalue weighted by atomic mass is 10.3. The van der Waals surface area contributed by atoms with Crippen LogP contribution in [0.1, 0.15) is 26.7 Å². The number of hydrogen-bond acceptors (Lipinski definition) is 4. The second kappa shape index (κ2) is 6.39. The minimum atomic E-state index is -0.496. The monoisotopic (exact) mass is 241 g/mol. The molecule has 5 nitrogen and oxygen atoms in total. The quantitative estimate of drug-likeness (QED) is 0.516. The van der Waals surface area contributed by atoms with Gasteiger partial charge in [-0.25, -0.2) is 0 Å². The molecule has 0 radical (unpaired) electrons. The van der Waals surface area contributed by atoms with Crippen LogP contribution in [0.4, 0.5) is 0 Å². The second-order valence-corrected chi connectivity index (χ2v) is 3.86. The highest BCUT2D eigenvalue weighted by Crippen LogP contribution is 2.23. The maximum Gasteiger partial charge on any atom is 0.303 e. The van der Waals surface area contributed by atoms with Gasteiger partial charge in [0.1, 0.15) is 0 Å². The van der Waals surface area contributed by atoms with Gasteiger partial charge in [0, 0.05) is 20.1 Å². The molecule has 0 bridgehead atoms. The summed E-state index contributed by atoms with van der Waals surface area (Å²) in [6.45, 7) is 7.82. The largest absolute Gasteiger partial charge is 0.457 e. The van der Waals surface area contributed by atoms with Crippen molar-refractivity contribution >= 4 is 11.9 Å². The van der Waals surface area contributed by atoms with Crippen LogP contribution in [0.5, 0.6) is 0 Å². The molecule has 1 rings (SSSR count). The summed E-state index contributed by atoms with van der Waals surface area (Å²) in [5.41, 5.74) is 0. The molecular weight excluding hydrogens is 222 g/mol. The van der Waals surface area contributed by atoms with E-state index in [9.17, 15) is 9.59 Å². The Labute approximate surface area is 101 Å². The predicted molar refractivity (Wildman–Crippen MR) is 62.1 cm³/mol. The minimum Gasteiger partial charge on any atom is -0.457 e. The van der Waals surface area contributed by atoms with Crippen LogP contribution in [0.25, 0.3) is 0 Å². The molecule has 0 spiro atoms. The van der Waals surface area contributed by atoms with Crippen LogP contribution in [0.2, 0.25) is 0 Å². The summed E-state index contributed by atoms with van der Waals surface area (Å²) in [6, 6.07) is 0. The molecule has 0 aromatic heterocycles. The maximum atomic E-state index is 11.8. The van der Waals surface area contributed by atoms with Crippen molar-refractivity contribution in [3.8, 4) is 0 Å². The highest BCUT2D eigenvalue weighted by molar-refractivity contribution is 5.80. The summed E-state index contributed by atoms with van der Waals surface area (Å²) in [5.74, 6) is -0.436. The fraction of sp³-hybridized carbons (Fsp3) is 0.667. The zero-order valence-electron chi connectivity index (χ0n) is 10.3. The lowest BCUT2D eigenvalue weighted by Crippen LogP contribution is -2.41. The molecule has 0 aromatic rings. The van der Waals surface area contributed by atoms with E-state index in [1.807, 2.05) is 6.92 Å². The molecule has 0 N–H and O–H groups in total. The Balaban J connectivity index is 2.70. The van der Waals surface area contributed by atoms with Crippen molar-refractivity contribution < 1.29 is 19.1 Å². The Morgan fingerprint density at radius 2 is 2.35 bits per heavy atom. The summed E-state index contributed by atoms with van der Waals surface area (Å²) in [5, 5.41) is 0. The Hall–Kier alpha value is -1.36. The number of esters is 1. The first kappa shape index (κ1) is 13.7. The van der Waals surface area contributed by atoms with E-state index in [1.165, 1.54) is 6.92 Å². The molecule has 1 aliphatic heterocycles. The zero-order chi connectivity index (χ0) is 12.8. The Morgan fingerprint density at radius 3 is 2.88 bits per heavy atom. The summed E-state index contributed by atoms with van der Waals surface area (Å²) in [6.07, 6.45) is 1.68. The van der Waals surface area contributed by atoms with Crippen molar-refractivity contribution in [2.45, 2.75) is 39.0 Å². The highest BCUT2D eigenvalue weighted by atomic mass is 16.6. The number of likely N-dealkylation sites (tertiary alicyclic amines) is 1. The molecule has 17 heavy (non-hydrogen) atoms. The Kier molecular flexibility index (Phi) is 5.15. The molecule has 1 heterocycles. The average molecular weight is 241 g/mol. The lowest BCUT2D eigenvalue weighted by Gasteiger charge is -2.26. The number of carbonyl (C=O) groups is 2. The molecule has 1 amide bonds. The number of carbonyl (C=O) groups excluding carboxylic acids is 2. The molecule has 96 valence electrons. The summed E-state index contributed by atoms with van der Waals surface area (Å²) >= 11 is 0. The van der Waals surface area contributed by atoms with E-state index in [-0.39, 0.29) is 12.3 Å². The van der Waals surface area contributed by atoms with E-state index >= 15 is 0 Å². The highest BCUT2D eigenvalue weighted by Gasteiger charge is 2.41. The minimum absolute atomic E-state index is 0.0449. The van der Waals surface area contributed by atoms with Gasteiger partial charge >= 0.3 is 5.97 Å². The van der Waals surface area contributed by atoms with Gasteiger partial charge in [0.05, 0.1) is 6.42 Å². The number of rotatable bonds is 6. The molecule has 1 saturated heterocycles. The summed E-state index contributed by atoms with van der Waals surface area (Å²) in [4.78, 5) is 24.3. The molecule has 0 unspecified atom stereocenters. The maximum absolute atomic E-state index is 11.8. The smallest absolute Gasteiger partial charge is 0.303 e. The molecule has 5 heteroatoms. The van der Waals surface area contributed by atoms with Crippen LogP contribution < -0.4 is 0 Å². The van der Waals surface area contributed by atoms with E-state index < -0.39 is 18.3 Å². The fourth-order valence-electron chi connectivity index (χ4n) is 1.90. The Morgan fingerprint density at radius 1 is 1.65 bits per heavy atom. The molecule has 2 atom stereocenters. The molecule has 0 aromatic carbocycles. The molecule has 0 aliphatic carbocycles. The first-order valence-electron chi connectivity index (χ1n) is 5.79. The summed E-state index contributed by atoms with van der Waals surface area (Å²) < 4.78 is 10.6. The Bertz CT molecular complexity index is 303. The van der Waals surface area contributed by atoms with Gasteiger partial charge < -0.3 is 14.4 Å². The van der Waals surface area contributed by atoms with Gasteiger partial charge in [-0.1, -0.05) is 6.08 Å². The van der Waals surface area contributed by atoms with Gasteiger partial charge in [-0.2, -0.15) is 0 Å². The standard InChI is InChI=1S/C12H19NO4/c1-4-6-7-13-11(15)8-10(17-9(3)14)12(13)16-5-2/h4,10,12H,1,5-8H2,2-3H3/t10-,12+/m0/s1. The van der Waals surface area contributed by atoms with E-state index in [2.05, 4.69) is 6.58 Å². The molecule has 1 aliphatic rings. The van der Waals surface area contributed by atoms with E-state index in [4.69, 9.17) is 9.47 Å². The van der Waals surface area contributed by atoms with Crippen molar-refractivity contribution in [3.05, 3.63) is 12.7 Å². The first-order chi connectivity index (χ1) is 8.10. The lowest BCUT2D eigenvalue weighted by molar-refractivity contribution is -0.160. The van der Waals surface area contributed by atoms with Crippen molar-refractivity contribution in [3.63, 3.8) is 0 Å². The van der Waals surface area contributed by atoms with Gasteiger partial charge in [-0.05, 0) is 13.3 Å². The van der Waals surface area contributed by atoms with E-state index in [1.54, 1.807) is 11.0 Å². The third kappa shape index (κ3) is 3.56. The SMILES string of the molecule is C=CCCN1C(=O)C[C@H](OC(C)=O)[C@H]1OCC. The zero-order valence-corrected chi connectivity index (χ0v) is 10.3. The van der Waals surface area contributed by atoms with Gasteiger partial charge in [0.15, 0.2) is 12.3 Å². The van der Waals surface area contributed by atoms with Gasteiger partial charge in [0.25, 0.3) is 0 Å². The van der Waals surface area contributed by atoms with E-state index in [0.29, 0.717) is 19.6 Å². The van der Waals surface area contributed by atoms with Crippen LogP contribution in [-0.4, -0.2) is 42.3 Å². The van der Waals surface area contributed by atoms with Gasteiger partial charge in [-0.15, -0.1) is 6.58 Å². The van der Waals surface area contributed by atoms with E-state index in [0.717, 1.165) is 0 Å². The third-order valence-electron chi connectivity index (χ3n) is 2.55. The number of amides is 1. The van der Waals surface area contributed by atoms with Crippen molar-refractivity contribution in [2.75, 3.05) is 13.2 Å². The van der Waals surface area contributed by atoms with Gasteiger partial charge in [0.2, 0.25) is 5.91 Å². The predicted octanol–water partition coefficient (Wildman–Crippen LogP) is 1.09. The number of ether oxygens (including phenoxy) is 2.